The first-order valence-corrected chi connectivity index (χ1v) is 3.11. The summed E-state index contributed by atoms with van der Waals surface area (Å²) in [6.45, 7) is 3.73. The lowest BCUT2D eigenvalue weighted by molar-refractivity contribution is -0.107. The Hall–Kier alpha value is -1.52. The average Bonchev–Trinajstić information content (AvgIpc) is 2.28. The Labute approximate surface area is 63.6 Å². The van der Waals surface area contributed by atoms with Crippen LogP contribution in [0.25, 0.3) is 0 Å². The number of hydrogen-bond donors (Lipinski definition) is 1. The van der Waals surface area contributed by atoms with E-state index in [1.54, 1.807) is 0 Å². The van der Waals surface area contributed by atoms with E-state index in [0.717, 1.165) is 11.4 Å². The number of H-pyrrole nitrogens is 1. The number of aromatic nitrogens is 2. The smallest absolute Gasteiger partial charge is 0.252 e. The number of aryl methyl sites for hydroxylation is 2. The monoisotopic (exact) mass is 152 g/mol. The summed E-state index contributed by atoms with van der Waals surface area (Å²) < 4.78 is 0. The van der Waals surface area contributed by atoms with Crippen LogP contribution >= 0.6 is 0 Å². The molecule has 1 amide bonds. The van der Waals surface area contributed by atoms with Crippen molar-refractivity contribution in [1.82, 2.24) is 9.97 Å². The van der Waals surface area contributed by atoms with Crippen molar-refractivity contribution in [3.05, 3.63) is 11.4 Å². The second kappa shape index (κ2) is 3.05. The van der Waals surface area contributed by atoms with E-state index in [-0.39, 0.29) is 0 Å². The van der Waals surface area contributed by atoms with Crippen LogP contribution in [0.5, 0.6) is 0 Å². The molecule has 0 atom stereocenters. The molecule has 0 fully saturated rings. The Bertz CT molecular complexity index is 269. The summed E-state index contributed by atoms with van der Waals surface area (Å²) in [6.07, 6.45) is 0.368. The van der Waals surface area contributed by atoms with E-state index in [0.29, 0.717) is 12.4 Å². The topological polar surface area (TPSA) is 70.5 Å². The molecule has 5 heteroatoms. The third-order valence-electron chi connectivity index (χ3n) is 1.32. The largest absolute Gasteiger partial charge is 0.325 e. The summed E-state index contributed by atoms with van der Waals surface area (Å²) in [5.74, 6) is 0.368. The number of rotatable bonds is 2. The quantitative estimate of drug-likeness (QED) is 0.512. The minimum Gasteiger partial charge on any atom is -0.325 e. The molecule has 11 heavy (non-hydrogen) atoms. The number of nitrogens with zero attached hydrogens (tertiary/aromatic N) is 3. The summed E-state index contributed by atoms with van der Waals surface area (Å²) >= 11 is 0. The highest BCUT2D eigenvalue weighted by Gasteiger charge is 1.98. The van der Waals surface area contributed by atoms with Crippen molar-refractivity contribution in [3.63, 3.8) is 0 Å². The molecule has 58 valence electrons. The van der Waals surface area contributed by atoms with Gasteiger partial charge in [0.15, 0.2) is 0 Å². The van der Waals surface area contributed by atoms with Crippen LogP contribution in [0, 0.1) is 13.8 Å². The van der Waals surface area contributed by atoms with Gasteiger partial charge in [-0.25, -0.2) is 4.98 Å². The van der Waals surface area contributed by atoms with Gasteiger partial charge in [0, 0.05) is 5.69 Å². The fourth-order valence-corrected chi connectivity index (χ4v) is 0.654. The number of carbonyl (C=O) groups excluding carboxylic acids is 1. The summed E-state index contributed by atoms with van der Waals surface area (Å²) in [5, 5.41) is 6.64. The van der Waals surface area contributed by atoms with Gasteiger partial charge in [0.25, 0.3) is 6.41 Å². The molecule has 1 heterocycles. The van der Waals surface area contributed by atoms with Crippen LogP contribution in [-0.4, -0.2) is 16.4 Å². The van der Waals surface area contributed by atoms with Gasteiger partial charge in [0.1, 0.15) is 0 Å². The predicted octanol–water partition coefficient (Wildman–Crippen LogP) is 1.27. The normalized spacial score (nSPS) is 10.7. The summed E-state index contributed by atoms with van der Waals surface area (Å²) in [7, 11) is 0. The van der Waals surface area contributed by atoms with E-state index in [1.807, 2.05) is 13.8 Å². The molecule has 0 saturated carbocycles. The zero-order valence-corrected chi connectivity index (χ0v) is 6.33. The molecule has 0 radical (unpaired) electrons. The Balaban J connectivity index is 2.88. The van der Waals surface area contributed by atoms with E-state index in [9.17, 15) is 4.79 Å². The van der Waals surface area contributed by atoms with E-state index >= 15 is 0 Å². The van der Waals surface area contributed by atoms with Crippen molar-refractivity contribution in [3.8, 4) is 0 Å². The first-order chi connectivity index (χ1) is 5.24. The van der Waals surface area contributed by atoms with Crippen LogP contribution < -0.4 is 0 Å². The molecule has 1 aromatic heterocycles. The van der Waals surface area contributed by atoms with Gasteiger partial charge in [-0.3, -0.25) is 4.79 Å². The number of imidazole rings is 1. The fraction of sp³-hybridized carbons (Fsp3) is 0.333. The lowest BCUT2D eigenvalue weighted by Crippen LogP contribution is -1.71. The molecule has 1 N–H and O–H groups in total. The number of carbonyl (C=O) groups is 1. The maximum Gasteiger partial charge on any atom is 0.252 e. The van der Waals surface area contributed by atoms with E-state index in [2.05, 4.69) is 20.2 Å². The third kappa shape index (κ3) is 1.70. The summed E-state index contributed by atoms with van der Waals surface area (Å²) in [6, 6.07) is 0. The number of amides is 1. The summed E-state index contributed by atoms with van der Waals surface area (Å²) in [5.41, 5.74) is 1.80. The van der Waals surface area contributed by atoms with Gasteiger partial charge in [0.2, 0.25) is 5.95 Å². The number of nitrogens with one attached hydrogen (secondary N) is 1. The molecule has 1 rings (SSSR count). The molecule has 0 aromatic carbocycles. The molecular weight excluding hydrogens is 144 g/mol. The van der Waals surface area contributed by atoms with Gasteiger partial charge in [-0.05, 0) is 13.8 Å². The van der Waals surface area contributed by atoms with Gasteiger partial charge in [-0.15, -0.1) is 10.2 Å². The van der Waals surface area contributed by atoms with Crippen LogP contribution in [-0.2, 0) is 4.79 Å². The average molecular weight is 152 g/mol. The first-order valence-electron chi connectivity index (χ1n) is 3.11. The maximum absolute atomic E-state index is 9.77. The van der Waals surface area contributed by atoms with Crippen LogP contribution in [0.1, 0.15) is 11.4 Å². The lowest BCUT2D eigenvalue weighted by atomic mass is 10.4. The molecule has 0 spiro atoms. The minimum absolute atomic E-state index is 0.368. The number of hydrogen-bond acceptors (Lipinski definition) is 3. The van der Waals surface area contributed by atoms with Gasteiger partial charge in [0.05, 0.1) is 5.69 Å². The Morgan fingerprint density at radius 3 is 2.73 bits per heavy atom. The van der Waals surface area contributed by atoms with Gasteiger partial charge < -0.3 is 4.98 Å². The third-order valence-corrected chi connectivity index (χ3v) is 1.32. The Kier molecular flexibility index (Phi) is 2.10. The second-order valence-corrected chi connectivity index (χ2v) is 2.09. The molecule has 0 aliphatic carbocycles. The highest BCUT2D eigenvalue weighted by atomic mass is 16.1. The van der Waals surface area contributed by atoms with E-state index < -0.39 is 0 Å². The Morgan fingerprint density at radius 2 is 2.27 bits per heavy atom. The molecule has 0 aliphatic heterocycles. The van der Waals surface area contributed by atoms with Gasteiger partial charge in [-0.1, -0.05) is 0 Å². The highest BCUT2D eigenvalue weighted by Crippen LogP contribution is 2.09. The zero-order valence-electron chi connectivity index (χ0n) is 6.33. The number of azo groups is 1. The fourth-order valence-electron chi connectivity index (χ4n) is 0.654. The van der Waals surface area contributed by atoms with Crippen molar-refractivity contribution >= 4 is 12.4 Å². The second-order valence-electron chi connectivity index (χ2n) is 2.09. The van der Waals surface area contributed by atoms with E-state index in [1.165, 1.54) is 0 Å². The standard InChI is InChI=1S/C6H8N4O/c1-4-5(2)9-6(8-4)10-7-3-11/h3H,1-2H3,(H,8,9). The van der Waals surface area contributed by atoms with Crippen molar-refractivity contribution < 1.29 is 4.79 Å². The van der Waals surface area contributed by atoms with Crippen LogP contribution in [0.15, 0.2) is 10.2 Å². The molecule has 5 nitrogen and oxygen atoms in total. The number of aromatic amines is 1. The van der Waals surface area contributed by atoms with Crippen molar-refractivity contribution in [2.75, 3.05) is 0 Å². The van der Waals surface area contributed by atoms with Crippen LogP contribution in [0.4, 0.5) is 5.95 Å². The van der Waals surface area contributed by atoms with Crippen LogP contribution in [0.3, 0.4) is 0 Å². The van der Waals surface area contributed by atoms with Crippen molar-refractivity contribution in [2.24, 2.45) is 10.2 Å². The van der Waals surface area contributed by atoms with Crippen molar-refractivity contribution in [2.45, 2.75) is 13.8 Å². The molecule has 0 unspecified atom stereocenters. The summed E-state index contributed by atoms with van der Waals surface area (Å²) in [4.78, 5) is 16.6. The Morgan fingerprint density at radius 1 is 1.55 bits per heavy atom. The van der Waals surface area contributed by atoms with Gasteiger partial charge >= 0.3 is 0 Å². The zero-order chi connectivity index (χ0) is 8.27. The molecule has 0 saturated heterocycles. The molecular formula is C6H8N4O. The molecule has 0 aliphatic rings. The van der Waals surface area contributed by atoms with Crippen LogP contribution in [0.2, 0.25) is 0 Å². The highest BCUT2D eigenvalue weighted by molar-refractivity contribution is 5.46. The minimum atomic E-state index is 0.368. The first kappa shape index (κ1) is 7.59. The lowest BCUT2D eigenvalue weighted by Gasteiger charge is -1.79. The predicted molar refractivity (Wildman–Crippen MR) is 38.6 cm³/mol. The molecule has 0 bridgehead atoms. The maximum atomic E-state index is 9.77. The van der Waals surface area contributed by atoms with Gasteiger partial charge in [-0.2, -0.15) is 0 Å². The SMILES string of the molecule is Cc1nc(N=NC=O)[nH]c1C. The van der Waals surface area contributed by atoms with Crippen molar-refractivity contribution in [1.29, 1.82) is 0 Å². The van der Waals surface area contributed by atoms with E-state index in [4.69, 9.17) is 0 Å². The molecule has 1 aromatic rings.